The highest BCUT2D eigenvalue weighted by molar-refractivity contribution is 5.40. The zero-order chi connectivity index (χ0) is 12.7. The number of rotatable bonds is 1. The number of nitrogens with zero attached hydrogens (tertiary/aromatic N) is 2. The molecule has 1 heterocycles. The smallest absolute Gasteiger partial charge is 0.207 e. The van der Waals surface area contributed by atoms with Gasteiger partial charge in [-0.3, -0.25) is 0 Å². The van der Waals surface area contributed by atoms with Crippen molar-refractivity contribution >= 4 is 0 Å². The molecule has 17 heavy (non-hydrogen) atoms. The lowest BCUT2D eigenvalue weighted by Gasteiger charge is -2.04. The quantitative estimate of drug-likeness (QED) is 0.670. The molecule has 1 aromatic heterocycles. The molecule has 0 spiro atoms. The fraction of sp³-hybridized carbons (Fsp3) is 0.357. The highest BCUT2D eigenvalue weighted by Gasteiger charge is 2.21. The Balaban J connectivity index is 2.73. The van der Waals surface area contributed by atoms with Gasteiger partial charge in [0.25, 0.3) is 0 Å². The van der Waals surface area contributed by atoms with Crippen molar-refractivity contribution in [1.82, 2.24) is 4.68 Å². The average Bonchev–Trinajstić information content (AvgIpc) is 2.45. The van der Waals surface area contributed by atoms with Crippen molar-refractivity contribution in [1.29, 1.82) is 0 Å². The monoisotopic (exact) mass is 233 g/mol. The van der Waals surface area contributed by atoms with E-state index in [1.165, 1.54) is 11.3 Å². The molecule has 0 N–H and O–H groups in total. The second-order valence-corrected chi connectivity index (χ2v) is 4.65. The molecule has 0 bridgehead atoms. The average molecular weight is 233 g/mol. The summed E-state index contributed by atoms with van der Waals surface area (Å²) in [6, 6.07) is 3.15. The molecular formula is C14H18FN2+. The molecule has 1 aromatic carbocycles. The van der Waals surface area contributed by atoms with Crippen molar-refractivity contribution in [2.45, 2.75) is 27.7 Å². The summed E-state index contributed by atoms with van der Waals surface area (Å²) in [6.45, 7) is 8.05. The van der Waals surface area contributed by atoms with Crippen LogP contribution < -0.4 is 4.68 Å². The summed E-state index contributed by atoms with van der Waals surface area (Å²) in [5.41, 5.74) is 5.41. The molecule has 3 heteroatoms. The molecule has 0 radical (unpaired) electrons. The van der Waals surface area contributed by atoms with Gasteiger partial charge >= 0.3 is 0 Å². The molecule has 0 aliphatic carbocycles. The van der Waals surface area contributed by atoms with Crippen molar-refractivity contribution in [2.75, 3.05) is 0 Å². The Hall–Kier alpha value is -1.64. The molecule has 0 fully saturated rings. The highest BCUT2D eigenvalue weighted by atomic mass is 19.1. The third-order valence-electron chi connectivity index (χ3n) is 3.38. The third-order valence-corrected chi connectivity index (χ3v) is 3.38. The van der Waals surface area contributed by atoms with Gasteiger partial charge in [-0.15, -0.1) is 0 Å². The van der Waals surface area contributed by atoms with E-state index in [0.717, 1.165) is 16.8 Å². The maximum absolute atomic E-state index is 13.3. The molecule has 0 aliphatic heterocycles. The van der Waals surface area contributed by atoms with Gasteiger partial charge in [-0.05, 0) is 39.8 Å². The number of aryl methyl sites for hydroxylation is 3. The first-order valence-corrected chi connectivity index (χ1v) is 5.73. The normalized spacial score (nSPS) is 10.9. The Morgan fingerprint density at radius 3 is 1.94 bits per heavy atom. The van der Waals surface area contributed by atoms with Gasteiger partial charge in [0, 0.05) is 16.7 Å². The van der Waals surface area contributed by atoms with E-state index in [0.29, 0.717) is 0 Å². The topological polar surface area (TPSA) is 8.81 Å². The number of benzene rings is 1. The van der Waals surface area contributed by atoms with Crippen molar-refractivity contribution in [3.05, 3.63) is 46.5 Å². The van der Waals surface area contributed by atoms with E-state index in [9.17, 15) is 4.39 Å². The molecule has 0 amide bonds. The zero-order valence-corrected chi connectivity index (χ0v) is 11.0. The fourth-order valence-corrected chi connectivity index (χ4v) is 2.26. The van der Waals surface area contributed by atoms with Crippen LogP contribution in [0.2, 0.25) is 0 Å². The van der Waals surface area contributed by atoms with Crippen molar-refractivity contribution < 1.29 is 9.07 Å². The minimum atomic E-state index is -0.174. The summed E-state index contributed by atoms with van der Waals surface area (Å²) in [5.74, 6) is -0.174. The first-order valence-electron chi connectivity index (χ1n) is 5.73. The highest BCUT2D eigenvalue weighted by Crippen LogP contribution is 2.16. The first-order chi connectivity index (χ1) is 7.91. The van der Waals surface area contributed by atoms with Crippen LogP contribution in [0.3, 0.4) is 0 Å². The standard InChI is InChI=1S/C14H18FN2/c1-9-6-13(15)7-10(2)14(9)17-8-11(3)12(4)16(17)5/h6-8H,1-5H3/q+1. The van der Waals surface area contributed by atoms with Gasteiger partial charge in [0.2, 0.25) is 11.9 Å². The predicted octanol–water partition coefficient (Wildman–Crippen LogP) is 2.67. The third kappa shape index (κ3) is 1.86. The van der Waals surface area contributed by atoms with Gasteiger partial charge < -0.3 is 0 Å². The number of aromatic nitrogens is 2. The van der Waals surface area contributed by atoms with E-state index in [-0.39, 0.29) is 5.82 Å². The molecule has 0 saturated heterocycles. The predicted molar refractivity (Wildman–Crippen MR) is 65.9 cm³/mol. The fourth-order valence-electron chi connectivity index (χ4n) is 2.26. The Labute approximate surface area is 101 Å². The molecule has 0 saturated carbocycles. The summed E-state index contributed by atoms with van der Waals surface area (Å²) in [5, 5.41) is 0. The van der Waals surface area contributed by atoms with E-state index in [1.807, 2.05) is 20.9 Å². The minimum absolute atomic E-state index is 0.174. The zero-order valence-electron chi connectivity index (χ0n) is 11.0. The van der Waals surface area contributed by atoms with Crippen LogP contribution in [0.15, 0.2) is 18.3 Å². The number of hydrogen-bond donors (Lipinski definition) is 0. The van der Waals surface area contributed by atoms with Crippen LogP contribution in [-0.4, -0.2) is 4.68 Å². The van der Waals surface area contributed by atoms with Crippen LogP contribution in [0.25, 0.3) is 5.69 Å². The van der Waals surface area contributed by atoms with Gasteiger partial charge in [0.1, 0.15) is 5.82 Å². The molecule has 0 atom stereocenters. The van der Waals surface area contributed by atoms with E-state index >= 15 is 0 Å². The van der Waals surface area contributed by atoms with Gasteiger partial charge in [0.05, 0.1) is 12.7 Å². The Morgan fingerprint density at radius 2 is 1.53 bits per heavy atom. The molecule has 2 rings (SSSR count). The Kier molecular flexibility index (Phi) is 2.77. The summed E-state index contributed by atoms with van der Waals surface area (Å²) in [7, 11) is 2.02. The van der Waals surface area contributed by atoms with E-state index in [4.69, 9.17) is 0 Å². The van der Waals surface area contributed by atoms with Gasteiger partial charge in [-0.1, -0.05) is 4.68 Å². The molecule has 0 unspecified atom stereocenters. The van der Waals surface area contributed by atoms with Gasteiger partial charge in [0.15, 0.2) is 0 Å². The molecule has 0 aliphatic rings. The Morgan fingerprint density at radius 1 is 1.00 bits per heavy atom. The second-order valence-electron chi connectivity index (χ2n) is 4.65. The molecule has 2 aromatic rings. The van der Waals surface area contributed by atoms with Gasteiger partial charge in [-0.2, -0.15) is 4.68 Å². The van der Waals surface area contributed by atoms with E-state index < -0.39 is 0 Å². The van der Waals surface area contributed by atoms with Crippen molar-refractivity contribution in [3.8, 4) is 5.69 Å². The summed E-state index contributed by atoms with van der Waals surface area (Å²) in [4.78, 5) is 0. The molecule has 90 valence electrons. The maximum atomic E-state index is 13.3. The lowest BCUT2D eigenvalue weighted by atomic mass is 10.1. The summed E-state index contributed by atoms with van der Waals surface area (Å²) in [6.07, 6.45) is 2.09. The van der Waals surface area contributed by atoms with Crippen molar-refractivity contribution in [2.24, 2.45) is 7.05 Å². The molecule has 2 nitrogen and oxygen atoms in total. The van der Waals surface area contributed by atoms with Crippen molar-refractivity contribution in [3.63, 3.8) is 0 Å². The van der Waals surface area contributed by atoms with Crippen LogP contribution in [0, 0.1) is 33.5 Å². The van der Waals surface area contributed by atoms with Crippen LogP contribution in [0.1, 0.15) is 22.4 Å². The minimum Gasteiger partial charge on any atom is -0.207 e. The van der Waals surface area contributed by atoms with Crippen LogP contribution in [-0.2, 0) is 7.05 Å². The number of halogens is 1. The number of hydrogen-bond acceptors (Lipinski definition) is 0. The lowest BCUT2D eigenvalue weighted by Crippen LogP contribution is -2.40. The lowest BCUT2D eigenvalue weighted by molar-refractivity contribution is -0.683. The summed E-state index contributed by atoms with van der Waals surface area (Å²) < 4.78 is 17.5. The van der Waals surface area contributed by atoms with Crippen LogP contribution in [0.4, 0.5) is 4.39 Å². The largest absolute Gasteiger partial charge is 0.241 e. The summed E-state index contributed by atoms with van der Waals surface area (Å²) >= 11 is 0. The molecular weight excluding hydrogens is 215 g/mol. The first kappa shape index (κ1) is 11.8. The van der Waals surface area contributed by atoms with E-state index in [2.05, 4.69) is 29.4 Å². The maximum Gasteiger partial charge on any atom is 0.241 e. The van der Waals surface area contributed by atoms with E-state index in [1.54, 1.807) is 12.1 Å². The second kappa shape index (κ2) is 3.99. The van der Waals surface area contributed by atoms with Crippen LogP contribution in [0.5, 0.6) is 0 Å². The van der Waals surface area contributed by atoms with Gasteiger partial charge in [-0.25, -0.2) is 4.39 Å². The SMILES string of the molecule is Cc1cc(F)cc(C)c1-[n+]1cc(C)c(C)n1C. The Bertz CT molecular complexity index is 559. The van der Waals surface area contributed by atoms with Crippen LogP contribution >= 0.6 is 0 Å².